The van der Waals surface area contributed by atoms with Crippen molar-refractivity contribution < 1.29 is 14.3 Å². The van der Waals surface area contributed by atoms with Crippen LogP contribution in [0.5, 0.6) is 5.75 Å². The first kappa shape index (κ1) is 19.0. The Balaban J connectivity index is 1.76. The highest BCUT2D eigenvalue weighted by Gasteiger charge is 2.31. The molecule has 0 aliphatic carbocycles. The summed E-state index contributed by atoms with van der Waals surface area (Å²) in [5, 5.41) is 2.92. The van der Waals surface area contributed by atoms with Crippen LogP contribution in [0.1, 0.15) is 49.4 Å². The minimum atomic E-state index is -0.349. The summed E-state index contributed by atoms with van der Waals surface area (Å²) in [6.07, 6.45) is 2.22. The average molecular weight is 366 g/mol. The van der Waals surface area contributed by atoms with Crippen molar-refractivity contribution in [1.82, 2.24) is 10.2 Å². The molecule has 1 N–H and O–H groups in total. The van der Waals surface area contributed by atoms with E-state index in [1.165, 1.54) is 12.5 Å². The van der Waals surface area contributed by atoms with Gasteiger partial charge < -0.3 is 15.0 Å². The van der Waals surface area contributed by atoms with Crippen molar-refractivity contribution in [3.63, 3.8) is 0 Å². The van der Waals surface area contributed by atoms with Crippen molar-refractivity contribution >= 4 is 11.8 Å². The molecule has 1 aliphatic rings. The van der Waals surface area contributed by atoms with Crippen molar-refractivity contribution in [2.75, 3.05) is 13.7 Å². The molecule has 1 saturated heterocycles. The third-order valence-electron chi connectivity index (χ3n) is 5.03. The molecule has 2 atom stereocenters. The predicted molar refractivity (Wildman–Crippen MR) is 104 cm³/mol. The van der Waals surface area contributed by atoms with Crippen LogP contribution in [0.25, 0.3) is 0 Å². The number of carbonyl (C=O) groups is 2. The largest absolute Gasteiger partial charge is 0.497 e. The van der Waals surface area contributed by atoms with E-state index in [1.54, 1.807) is 7.11 Å². The highest BCUT2D eigenvalue weighted by Crippen LogP contribution is 2.33. The van der Waals surface area contributed by atoms with Crippen LogP contribution in [0, 0.1) is 0 Å². The van der Waals surface area contributed by atoms with Crippen LogP contribution in [0.15, 0.2) is 54.6 Å². The number of ether oxygens (including phenoxy) is 1. The Morgan fingerprint density at radius 3 is 2.48 bits per heavy atom. The molecule has 0 spiro atoms. The van der Waals surface area contributed by atoms with Gasteiger partial charge in [0.2, 0.25) is 11.8 Å². The Kier molecular flexibility index (Phi) is 6.12. The Morgan fingerprint density at radius 2 is 1.85 bits per heavy atom. The molecule has 2 aromatic rings. The van der Waals surface area contributed by atoms with Crippen LogP contribution < -0.4 is 10.1 Å². The van der Waals surface area contributed by atoms with Crippen molar-refractivity contribution in [1.29, 1.82) is 0 Å². The third-order valence-corrected chi connectivity index (χ3v) is 5.03. The maximum Gasteiger partial charge on any atom is 0.225 e. The lowest BCUT2D eigenvalue weighted by Crippen LogP contribution is -2.35. The van der Waals surface area contributed by atoms with E-state index in [-0.39, 0.29) is 30.3 Å². The van der Waals surface area contributed by atoms with Gasteiger partial charge in [-0.25, -0.2) is 0 Å². The molecule has 5 nitrogen and oxygen atoms in total. The quantitative estimate of drug-likeness (QED) is 0.849. The van der Waals surface area contributed by atoms with Crippen LogP contribution >= 0.6 is 0 Å². The van der Waals surface area contributed by atoms with Gasteiger partial charge in [0.25, 0.3) is 0 Å². The molecule has 5 heteroatoms. The lowest BCUT2D eigenvalue weighted by atomic mass is 10.0. The van der Waals surface area contributed by atoms with E-state index in [0.29, 0.717) is 0 Å². The van der Waals surface area contributed by atoms with Crippen LogP contribution in [-0.2, 0) is 9.59 Å². The molecule has 3 rings (SSSR count). The summed E-state index contributed by atoms with van der Waals surface area (Å²) < 4.78 is 5.19. The van der Waals surface area contributed by atoms with E-state index in [2.05, 4.69) is 17.4 Å². The van der Waals surface area contributed by atoms with Crippen molar-refractivity contribution in [2.45, 2.75) is 38.3 Å². The number of methoxy groups -OCH3 is 1. The monoisotopic (exact) mass is 366 g/mol. The molecule has 0 bridgehead atoms. The summed E-state index contributed by atoms with van der Waals surface area (Å²) in [7, 11) is 1.61. The molecule has 2 unspecified atom stereocenters. The molecule has 142 valence electrons. The molecular formula is C22H26N2O3. The van der Waals surface area contributed by atoms with Gasteiger partial charge in [-0.1, -0.05) is 42.5 Å². The van der Waals surface area contributed by atoms with Crippen LogP contribution in [0.4, 0.5) is 0 Å². The van der Waals surface area contributed by atoms with Gasteiger partial charge in [-0.05, 0) is 36.1 Å². The second-order valence-electron chi connectivity index (χ2n) is 6.89. The highest BCUT2D eigenvalue weighted by molar-refractivity contribution is 5.80. The Hall–Kier alpha value is -2.82. The fraction of sp³-hybridized carbons (Fsp3) is 0.364. The van der Waals surface area contributed by atoms with Crippen LogP contribution in [0.2, 0.25) is 0 Å². The van der Waals surface area contributed by atoms with E-state index in [9.17, 15) is 9.59 Å². The molecule has 1 heterocycles. The summed E-state index contributed by atoms with van der Waals surface area (Å²) in [4.78, 5) is 26.7. The van der Waals surface area contributed by atoms with Gasteiger partial charge in [-0.3, -0.25) is 9.59 Å². The van der Waals surface area contributed by atoms with Gasteiger partial charge in [0, 0.05) is 13.5 Å². The van der Waals surface area contributed by atoms with Crippen molar-refractivity contribution in [3.05, 3.63) is 65.7 Å². The summed E-state index contributed by atoms with van der Waals surface area (Å²) in [6.45, 7) is 2.23. The highest BCUT2D eigenvalue weighted by atomic mass is 16.5. The molecule has 1 fully saturated rings. The molecule has 1 aliphatic heterocycles. The molecular weight excluding hydrogens is 340 g/mol. The first-order chi connectivity index (χ1) is 13.1. The number of likely N-dealkylation sites (tertiary alicyclic amines) is 1. The number of rotatable bonds is 6. The maximum absolute atomic E-state index is 13.1. The summed E-state index contributed by atoms with van der Waals surface area (Å²) in [5.41, 5.74) is 2.07. The third kappa shape index (κ3) is 4.67. The second kappa shape index (κ2) is 8.71. The molecule has 27 heavy (non-hydrogen) atoms. The number of nitrogens with one attached hydrogen (secondary N) is 1. The topological polar surface area (TPSA) is 58.6 Å². The first-order valence-electron chi connectivity index (χ1n) is 9.34. The lowest BCUT2D eigenvalue weighted by molar-refractivity contribution is -0.133. The minimum absolute atomic E-state index is 0.0657. The van der Waals surface area contributed by atoms with Gasteiger partial charge in [-0.2, -0.15) is 0 Å². The Labute approximate surface area is 160 Å². The number of hydrogen-bond acceptors (Lipinski definition) is 3. The first-order valence-corrected chi connectivity index (χ1v) is 9.34. The molecule has 0 saturated carbocycles. The standard InChI is InChI=1S/C22H26N2O3/c1-16(25)23-20(17-10-12-19(27-2)13-11-17)15-22(26)24-14-6-9-21(24)18-7-4-3-5-8-18/h3-5,7-8,10-13,20-21H,6,9,14-15H2,1-2H3,(H,23,25). The van der Waals surface area contributed by atoms with E-state index in [1.807, 2.05) is 47.4 Å². The fourth-order valence-electron chi connectivity index (χ4n) is 3.71. The number of hydrogen-bond donors (Lipinski definition) is 1. The fourth-order valence-corrected chi connectivity index (χ4v) is 3.71. The second-order valence-corrected chi connectivity index (χ2v) is 6.89. The summed E-state index contributed by atoms with van der Waals surface area (Å²) in [5.74, 6) is 0.663. The van der Waals surface area contributed by atoms with Gasteiger partial charge in [-0.15, -0.1) is 0 Å². The molecule has 0 radical (unpaired) electrons. The lowest BCUT2D eigenvalue weighted by Gasteiger charge is -2.27. The van der Waals surface area contributed by atoms with Crippen molar-refractivity contribution in [2.24, 2.45) is 0 Å². The van der Waals surface area contributed by atoms with E-state index in [0.717, 1.165) is 30.7 Å². The SMILES string of the molecule is COc1ccc(C(CC(=O)N2CCCC2c2ccccc2)NC(C)=O)cc1. The Morgan fingerprint density at radius 1 is 1.15 bits per heavy atom. The normalized spacial score (nSPS) is 17.4. The minimum Gasteiger partial charge on any atom is -0.497 e. The Bertz CT molecular complexity index is 774. The average Bonchev–Trinajstić information content (AvgIpc) is 3.18. The molecule has 2 aromatic carbocycles. The zero-order chi connectivity index (χ0) is 19.2. The van der Waals surface area contributed by atoms with Crippen LogP contribution in [-0.4, -0.2) is 30.4 Å². The summed E-state index contributed by atoms with van der Waals surface area (Å²) >= 11 is 0. The van der Waals surface area contributed by atoms with E-state index >= 15 is 0 Å². The predicted octanol–water partition coefficient (Wildman–Crippen LogP) is 3.63. The van der Waals surface area contributed by atoms with Crippen LogP contribution in [0.3, 0.4) is 0 Å². The number of carbonyl (C=O) groups excluding carboxylic acids is 2. The summed E-state index contributed by atoms with van der Waals surface area (Å²) in [6, 6.07) is 17.4. The van der Waals surface area contributed by atoms with E-state index in [4.69, 9.17) is 4.74 Å². The number of nitrogens with zero attached hydrogens (tertiary/aromatic N) is 1. The zero-order valence-corrected chi connectivity index (χ0v) is 15.9. The van der Waals surface area contributed by atoms with Crippen molar-refractivity contribution in [3.8, 4) is 5.75 Å². The zero-order valence-electron chi connectivity index (χ0n) is 15.9. The van der Waals surface area contributed by atoms with Gasteiger partial charge in [0.05, 0.1) is 25.6 Å². The van der Waals surface area contributed by atoms with Gasteiger partial charge >= 0.3 is 0 Å². The van der Waals surface area contributed by atoms with Gasteiger partial charge in [0.15, 0.2) is 0 Å². The van der Waals surface area contributed by atoms with Gasteiger partial charge in [0.1, 0.15) is 5.75 Å². The smallest absolute Gasteiger partial charge is 0.225 e. The number of amides is 2. The molecule has 2 amide bonds. The molecule has 0 aromatic heterocycles. The number of benzene rings is 2. The maximum atomic E-state index is 13.1. The van der Waals surface area contributed by atoms with E-state index < -0.39 is 0 Å².